The molecule has 5 heteroatoms. The summed E-state index contributed by atoms with van der Waals surface area (Å²) in [6, 6.07) is 17.2. The van der Waals surface area contributed by atoms with Crippen LogP contribution >= 0.6 is 11.8 Å². The van der Waals surface area contributed by atoms with E-state index in [1.807, 2.05) is 18.2 Å². The molecule has 0 unspecified atom stereocenters. The highest BCUT2D eigenvalue weighted by Gasteiger charge is 2.24. The maximum absolute atomic E-state index is 12.3. The fourth-order valence-corrected chi connectivity index (χ4v) is 3.26. The second-order valence-electron chi connectivity index (χ2n) is 5.74. The number of imide groups is 1. The molecule has 4 nitrogen and oxygen atoms in total. The summed E-state index contributed by atoms with van der Waals surface area (Å²) in [6.45, 7) is 0. The smallest absolute Gasteiger partial charge is 0.290 e. The van der Waals surface area contributed by atoms with Crippen LogP contribution in [0.1, 0.15) is 34.3 Å². The number of amides is 2. The Bertz CT molecular complexity index is 826. The van der Waals surface area contributed by atoms with Crippen molar-refractivity contribution in [3.05, 3.63) is 76.2 Å². The first-order valence-corrected chi connectivity index (χ1v) is 8.85. The number of thioether (sulfide) groups is 1. The average molecular weight is 351 g/mol. The predicted molar refractivity (Wildman–Crippen MR) is 99.3 cm³/mol. The lowest BCUT2D eigenvalue weighted by molar-refractivity contribution is -0.115. The normalized spacial score (nSPS) is 15.4. The van der Waals surface area contributed by atoms with Gasteiger partial charge in [0.25, 0.3) is 11.1 Å². The SMILES string of the molecule is O=C1NC(=O)C(=Cc2ccc(C(=O)CCCc3ccccc3)cc2)S1. The van der Waals surface area contributed by atoms with Crippen molar-refractivity contribution in [2.75, 3.05) is 0 Å². The molecule has 3 rings (SSSR count). The van der Waals surface area contributed by atoms with E-state index in [1.165, 1.54) is 5.56 Å². The number of Topliss-reactive ketones (excluding diaryl/α,β-unsaturated/α-hetero) is 1. The van der Waals surface area contributed by atoms with E-state index in [0.29, 0.717) is 16.9 Å². The molecule has 1 N–H and O–H groups in total. The minimum atomic E-state index is -0.379. The lowest BCUT2D eigenvalue weighted by atomic mass is 10.0. The van der Waals surface area contributed by atoms with E-state index in [2.05, 4.69) is 17.4 Å². The highest BCUT2D eigenvalue weighted by Crippen LogP contribution is 2.25. The zero-order chi connectivity index (χ0) is 17.6. The molecule has 0 aromatic heterocycles. The topological polar surface area (TPSA) is 63.2 Å². The Morgan fingerprint density at radius 1 is 1.00 bits per heavy atom. The second kappa shape index (κ2) is 7.94. The number of carbonyl (C=O) groups excluding carboxylic acids is 3. The molecule has 25 heavy (non-hydrogen) atoms. The molecule has 1 fully saturated rings. The summed E-state index contributed by atoms with van der Waals surface area (Å²) in [6.07, 6.45) is 3.85. The Morgan fingerprint density at radius 2 is 1.72 bits per heavy atom. The molecule has 0 aliphatic carbocycles. The van der Waals surface area contributed by atoms with Crippen LogP contribution in [0.4, 0.5) is 4.79 Å². The number of rotatable bonds is 6. The number of carbonyl (C=O) groups is 3. The Labute approximate surface area is 150 Å². The van der Waals surface area contributed by atoms with Gasteiger partial charge in [0.2, 0.25) is 0 Å². The average Bonchev–Trinajstić information content (AvgIpc) is 2.93. The van der Waals surface area contributed by atoms with Gasteiger partial charge in [0.15, 0.2) is 5.78 Å². The van der Waals surface area contributed by atoms with Crippen LogP contribution in [0.15, 0.2) is 59.5 Å². The fourth-order valence-electron chi connectivity index (χ4n) is 2.58. The van der Waals surface area contributed by atoms with E-state index in [1.54, 1.807) is 30.3 Å². The third-order valence-electron chi connectivity index (χ3n) is 3.88. The monoisotopic (exact) mass is 351 g/mol. The van der Waals surface area contributed by atoms with Crippen LogP contribution in [0.2, 0.25) is 0 Å². The number of benzene rings is 2. The Balaban J connectivity index is 1.56. The minimum absolute atomic E-state index is 0.110. The number of nitrogens with one attached hydrogen (secondary N) is 1. The molecule has 0 saturated carbocycles. The maximum Gasteiger partial charge on any atom is 0.290 e. The predicted octanol–water partition coefficient (Wildman–Crippen LogP) is 4.22. The van der Waals surface area contributed by atoms with E-state index in [9.17, 15) is 14.4 Å². The van der Waals surface area contributed by atoms with E-state index < -0.39 is 0 Å². The lowest BCUT2D eigenvalue weighted by Gasteiger charge is -2.03. The number of aryl methyl sites for hydroxylation is 1. The van der Waals surface area contributed by atoms with Gasteiger partial charge in [-0.25, -0.2) is 0 Å². The van der Waals surface area contributed by atoms with Gasteiger partial charge in [-0.2, -0.15) is 0 Å². The van der Waals surface area contributed by atoms with Gasteiger partial charge in [-0.3, -0.25) is 19.7 Å². The number of hydrogen-bond donors (Lipinski definition) is 1. The molecular formula is C20H17NO3S. The standard InChI is InChI=1S/C20H17NO3S/c22-17(8-4-7-14-5-2-1-3-6-14)16-11-9-15(10-12-16)13-18-19(23)21-20(24)25-18/h1-3,5-6,9-13H,4,7-8H2,(H,21,23,24). The molecule has 2 amide bonds. The minimum Gasteiger partial charge on any atom is -0.294 e. The summed E-state index contributed by atoms with van der Waals surface area (Å²) < 4.78 is 0. The number of hydrogen-bond acceptors (Lipinski definition) is 4. The van der Waals surface area contributed by atoms with Gasteiger partial charge in [0, 0.05) is 12.0 Å². The van der Waals surface area contributed by atoms with Crippen molar-refractivity contribution < 1.29 is 14.4 Å². The molecule has 126 valence electrons. The van der Waals surface area contributed by atoms with Crippen molar-refractivity contribution >= 4 is 34.8 Å². The first kappa shape index (κ1) is 17.2. The van der Waals surface area contributed by atoms with Crippen LogP contribution in [0.3, 0.4) is 0 Å². The fraction of sp³-hybridized carbons (Fsp3) is 0.150. The van der Waals surface area contributed by atoms with Gasteiger partial charge in [-0.05, 0) is 41.8 Å². The van der Waals surface area contributed by atoms with E-state index in [0.717, 1.165) is 30.2 Å². The second-order valence-corrected chi connectivity index (χ2v) is 6.75. The summed E-state index contributed by atoms with van der Waals surface area (Å²) in [5, 5.41) is 1.86. The van der Waals surface area contributed by atoms with Gasteiger partial charge < -0.3 is 0 Å². The molecule has 1 saturated heterocycles. The zero-order valence-electron chi connectivity index (χ0n) is 13.5. The molecular weight excluding hydrogens is 334 g/mol. The van der Waals surface area contributed by atoms with Gasteiger partial charge in [0.05, 0.1) is 4.91 Å². The summed E-state index contributed by atoms with van der Waals surface area (Å²) in [5.74, 6) is -0.269. The molecule has 0 atom stereocenters. The Kier molecular flexibility index (Phi) is 5.46. The van der Waals surface area contributed by atoms with Crippen LogP contribution < -0.4 is 5.32 Å². The molecule has 2 aromatic rings. The maximum atomic E-state index is 12.3. The van der Waals surface area contributed by atoms with Crippen molar-refractivity contribution in [2.24, 2.45) is 0 Å². The van der Waals surface area contributed by atoms with Crippen molar-refractivity contribution in [1.82, 2.24) is 5.32 Å². The summed E-state index contributed by atoms with van der Waals surface area (Å²) in [5.41, 5.74) is 2.68. The van der Waals surface area contributed by atoms with Gasteiger partial charge in [-0.15, -0.1) is 0 Å². The highest BCUT2D eigenvalue weighted by atomic mass is 32.2. The van der Waals surface area contributed by atoms with Crippen LogP contribution in [-0.4, -0.2) is 16.9 Å². The van der Waals surface area contributed by atoms with Gasteiger partial charge in [-0.1, -0.05) is 54.6 Å². The first-order valence-electron chi connectivity index (χ1n) is 8.04. The Morgan fingerprint density at radius 3 is 2.36 bits per heavy atom. The van der Waals surface area contributed by atoms with Crippen molar-refractivity contribution in [1.29, 1.82) is 0 Å². The molecule has 0 bridgehead atoms. The van der Waals surface area contributed by atoms with Crippen molar-refractivity contribution in [2.45, 2.75) is 19.3 Å². The zero-order valence-corrected chi connectivity index (χ0v) is 14.3. The molecule has 0 spiro atoms. The van der Waals surface area contributed by atoms with E-state index in [4.69, 9.17) is 0 Å². The van der Waals surface area contributed by atoms with Gasteiger partial charge >= 0.3 is 0 Å². The van der Waals surface area contributed by atoms with Crippen LogP contribution in [-0.2, 0) is 11.2 Å². The van der Waals surface area contributed by atoms with Crippen LogP contribution in [0.25, 0.3) is 6.08 Å². The molecule has 2 aromatic carbocycles. The molecule has 1 aliphatic rings. The Hall–Kier alpha value is -2.66. The third kappa shape index (κ3) is 4.67. The summed E-state index contributed by atoms with van der Waals surface area (Å²) >= 11 is 0.883. The van der Waals surface area contributed by atoms with Crippen LogP contribution in [0.5, 0.6) is 0 Å². The van der Waals surface area contributed by atoms with Gasteiger partial charge in [0.1, 0.15) is 0 Å². The summed E-state index contributed by atoms with van der Waals surface area (Å²) in [7, 11) is 0. The van der Waals surface area contributed by atoms with E-state index in [-0.39, 0.29) is 16.9 Å². The lowest BCUT2D eigenvalue weighted by Crippen LogP contribution is -2.17. The highest BCUT2D eigenvalue weighted by molar-refractivity contribution is 8.18. The largest absolute Gasteiger partial charge is 0.294 e. The van der Waals surface area contributed by atoms with E-state index >= 15 is 0 Å². The number of ketones is 1. The first-order chi connectivity index (χ1) is 12.1. The third-order valence-corrected chi connectivity index (χ3v) is 4.70. The van der Waals surface area contributed by atoms with Crippen molar-refractivity contribution in [3.63, 3.8) is 0 Å². The van der Waals surface area contributed by atoms with Crippen LogP contribution in [0, 0.1) is 0 Å². The quantitative estimate of drug-likeness (QED) is 0.625. The molecule has 1 heterocycles. The summed E-state index contributed by atoms with van der Waals surface area (Å²) in [4.78, 5) is 35.3. The molecule has 1 aliphatic heterocycles. The van der Waals surface area contributed by atoms with Crippen molar-refractivity contribution in [3.8, 4) is 0 Å². The molecule has 0 radical (unpaired) electrons.